The molecule has 0 unspecified atom stereocenters. The van der Waals surface area contributed by atoms with E-state index in [1.807, 2.05) is 24.3 Å². The standard InChI is InChI=1S/C17H21N3O3/c1-20(17(22)19-11-13-7-9-18-10-8-13)16(12-21)14-3-5-15(23-2)6-4-14/h3-10,16,21H,11-12H2,1-2H3,(H,19,22)/t16-/m1/s1. The molecule has 0 aliphatic heterocycles. The second-order valence-corrected chi connectivity index (χ2v) is 5.10. The highest BCUT2D eigenvalue weighted by molar-refractivity contribution is 5.74. The Labute approximate surface area is 135 Å². The maximum atomic E-state index is 12.3. The molecule has 1 aromatic carbocycles. The number of nitrogens with zero attached hydrogens (tertiary/aromatic N) is 2. The summed E-state index contributed by atoms with van der Waals surface area (Å²) in [6.45, 7) is 0.248. The van der Waals surface area contributed by atoms with Crippen LogP contribution in [0.5, 0.6) is 5.75 Å². The van der Waals surface area contributed by atoms with Crippen molar-refractivity contribution in [1.29, 1.82) is 0 Å². The van der Waals surface area contributed by atoms with Crippen LogP contribution in [-0.4, -0.2) is 41.8 Å². The van der Waals surface area contributed by atoms with E-state index in [2.05, 4.69) is 10.3 Å². The van der Waals surface area contributed by atoms with Crippen LogP contribution in [0.1, 0.15) is 17.2 Å². The number of nitrogens with one attached hydrogen (secondary N) is 1. The Hall–Kier alpha value is -2.60. The van der Waals surface area contributed by atoms with Gasteiger partial charge in [0, 0.05) is 26.0 Å². The van der Waals surface area contributed by atoms with Crippen LogP contribution in [0.25, 0.3) is 0 Å². The molecule has 0 radical (unpaired) electrons. The molecule has 0 saturated heterocycles. The molecule has 0 aliphatic rings. The van der Waals surface area contributed by atoms with Crippen LogP contribution in [-0.2, 0) is 6.54 Å². The van der Waals surface area contributed by atoms with Gasteiger partial charge in [0.15, 0.2) is 0 Å². The van der Waals surface area contributed by atoms with E-state index in [0.717, 1.165) is 16.9 Å². The van der Waals surface area contributed by atoms with Crippen LogP contribution in [0.4, 0.5) is 4.79 Å². The summed E-state index contributed by atoms with van der Waals surface area (Å²) in [6, 6.07) is 10.3. The molecule has 6 heteroatoms. The number of likely N-dealkylation sites (N-methyl/N-ethyl adjacent to an activating group) is 1. The molecular formula is C17H21N3O3. The monoisotopic (exact) mass is 315 g/mol. The van der Waals surface area contributed by atoms with E-state index in [1.165, 1.54) is 4.90 Å². The maximum Gasteiger partial charge on any atom is 0.318 e. The number of urea groups is 1. The number of aliphatic hydroxyl groups is 1. The zero-order valence-corrected chi connectivity index (χ0v) is 13.3. The summed E-state index contributed by atoms with van der Waals surface area (Å²) in [5, 5.41) is 12.5. The third kappa shape index (κ3) is 4.43. The number of ether oxygens (including phenoxy) is 1. The lowest BCUT2D eigenvalue weighted by Crippen LogP contribution is -2.40. The quantitative estimate of drug-likeness (QED) is 0.854. The van der Waals surface area contributed by atoms with Gasteiger partial charge in [-0.1, -0.05) is 12.1 Å². The molecular weight excluding hydrogens is 294 g/mol. The number of rotatable bonds is 6. The minimum atomic E-state index is -0.418. The van der Waals surface area contributed by atoms with Crippen molar-refractivity contribution in [3.8, 4) is 5.75 Å². The van der Waals surface area contributed by atoms with E-state index < -0.39 is 6.04 Å². The van der Waals surface area contributed by atoms with E-state index in [0.29, 0.717) is 6.54 Å². The summed E-state index contributed by atoms with van der Waals surface area (Å²) >= 11 is 0. The minimum absolute atomic E-state index is 0.161. The minimum Gasteiger partial charge on any atom is -0.497 e. The lowest BCUT2D eigenvalue weighted by molar-refractivity contribution is 0.149. The zero-order chi connectivity index (χ0) is 16.7. The predicted octanol–water partition coefficient (Wildman–Crippen LogP) is 1.97. The smallest absolute Gasteiger partial charge is 0.318 e. The molecule has 122 valence electrons. The van der Waals surface area contributed by atoms with Crippen molar-refractivity contribution < 1.29 is 14.6 Å². The summed E-state index contributed by atoms with van der Waals surface area (Å²) < 4.78 is 5.12. The fourth-order valence-electron chi connectivity index (χ4n) is 2.22. The normalized spacial score (nSPS) is 11.6. The van der Waals surface area contributed by atoms with Gasteiger partial charge in [0.25, 0.3) is 0 Å². The summed E-state index contributed by atoms with van der Waals surface area (Å²) in [5.41, 5.74) is 1.81. The van der Waals surface area contributed by atoms with Crippen molar-refractivity contribution in [2.45, 2.75) is 12.6 Å². The predicted molar refractivity (Wildman–Crippen MR) is 87.1 cm³/mol. The van der Waals surface area contributed by atoms with Crippen LogP contribution >= 0.6 is 0 Å². The number of aromatic nitrogens is 1. The first-order valence-electron chi connectivity index (χ1n) is 7.30. The average molecular weight is 315 g/mol. The van der Waals surface area contributed by atoms with Crippen molar-refractivity contribution in [1.82, 2.24) is 15.2 Å². The molecule has 0 fully saturated rings. The number of aliphatic hydroxyl groups excluding tert-OH is 1. The van der Waals surface area contributed by atoms with Gasteiger partial charge in [-0.2, -0.15) is 0 Å². The number of pyridine rings is 1. The molecule has 0 spiro atoms. The molecule has 1 atom stereocenters. The van der Waals surface area contributed by atoms with Gasteiger partial charge in [-0.25, -0.2) is 4.79 Å². The van der Waals surface area contributed by atoms with E-state index in [-0.39, 0.29) is 12.6 Å². The summed E-state index contributed by atoms with van der Waals surface area (Å²) in [5.74, 6) is 0.732. The van der Waals surface area contributed by atoms with Crippen LogP contribution < -0.4 is 10.1 Å². The fourth-order valence-corrected chi connectivity index (χ4v) is 2.22. The average Bonchev–Trinajstić information content (AvgIpc) is 2.61. The molecule has 2 aromatic rings. The van der Waals surface area contributed by atoms with Crippen molar-refractivity contribution in [3.63, 3.8) is 0 Å². The van der Waals surface area contributed by atoms with Crippen molar-refractivity contribution in [3.05, 3.63) is 59.9 Å². The van der Waals surface area contributed by atoms with E-state index >= 15 is 0 Å². The van der Waals surface area contributed by atoms with Crippen LogP contribution in [0.3, 0.4) is 0 Å². The fraction of sp³-hybridized carbons (Fsp3) is 0.294. The SMILES string of the molecule is COc1ccc([C@@H](CO)N(C)C(=O)NCc2ccncc2)cc1. The third-order valence-corrected chi connectivity index (χ3v) is 3.65. The number of carbonyl (C=O) groups excluding carboxylic acids is 1. The summed E-state index contributed by atoms with van der Waals surface area (Å²) in [7, 11) is 3.25. The molecule has 0 bridgehead atoms. The second kappa shape index (κ2) is 8.14. The van der Waals surface area contributed by atoms with Crippen molar-refractivity contribution in [2.24, 2.45) is 0 Å². The maximum absolute atomic E-state index is 12.3. The number of amides is 2. The highest BCUT2D eigenvalue weighted by Crippen LogP contribution is 2.21. The van der Waals surface area contributed by atoms with Crippen LogP contribution in [0.2, 0.25) is 0 Å². The molecule has 0 aliphatic carbocycles. The van der Waals surface area contributed by atoms with Crippen molar-refractivity contribution >= 4 is 6.03 Å². The van der Waals surface area contributed by atoms with Gasteiger partial charge in [-0.3, -0.25) is 4.98 Å². The number of methoxy groups -OCH3 is 1. The van der Waals surface area contributed by atoms with Crippen molar-refractivity contribution in [2.75, 3.05) is 20.8 Å². The zero-order valence-electron chi connectivity index (χ0n) is 13.3. The van der Waals surface area contributed by atoms with E-state index in [9.17, 15) is 9.90 Å². The molecule has 1 heterocycles. The molecule has 1 aromatic heterocycles. The van der Waals surface area contributed by atoms with Gasteiger partial charge in [0.05, 0.1) is 19.8 Å². The van der Waals surface area contributed by atoms with Gasteiger partial charge in [0.2, 0.25) is 0 Å². The summed E-state index contributed by atoms with van der Waals surface area (Å²) in [6.07, 6.45) is 3.36. The Morgan fingerprint density at radius 3 is 2.48 bits per heavy atom. The molecule has 23 heavy (non-hydrogen) atoms. The molecule has 0 saturated carbocycles. The highest BCUT2D eigenvalue weighted by Gasteiger charge is 2.20. The Bertz CT molecular complexity index is 617. The lowest BCUT2D eigenvalue weighted by atomic mass is 10.1. The van der Waals surface area contributed by atoms with Gasteiger partial charge < -0.3 is 20.1 Å². The second-order valence-electron chi connectivity index (χ2n) is 5.10. The third-order valence-electron chi connectivity index (χ3n) is 3.65. The lowest BCUT2D eigenvalue weighted by Gasteiger charge is -2.27. The number of hydrogen-bond donors (Lipinski definition) is 2. The summed E-state index contributed by atoms with van der Waals surface area (Å²) in [4.78, 5) is 17.7. The van der Waals surface area contributed by atoms with Gasteiger partial charge in [-0.15, -0.1) is 0 Å². The molecule has 2 N–H and O–H groups in total. The number of carbonyl (C=O) groups is 1. The topological polar surface area (TPSA) is 74.7 Å². The Morgan fingerprint density at radius 1 is 1.26 bits per heavy atom. The number of hydrogen-bond acceptors (Lipinski definition) is 4. The Morgan fingerprint density at radius 2 is 1.91 bits per heavy atom. The first-order valence-corrected chi connectivity index (χ1v) is 7.30. The highest BCUT2D eigenvalue weighted by atomic mass is 16.5. The largest absolute Gasteiger partial charge is 0.497 e. The van der Waals surface area contributed by atoms with Gasteiger partial charge in [-0.05, 0) is 35.4 Å². The van der Waals surface area contributed by atoms with Crippen LogP contribution in [0, 0.1) is 0 Å². The Kier molecular flexibility index (Phi) is 5.94. The first kappa shape index (κ1) is 16.8. The Balaban J connectivity index is 2.00. The van der Waals surface area contributed by atoms with Gasteiger partial charge in [0.1, 0.15) is 5.75 Å². The van der Waals surface area contributed by atoms with E-state index in [4.69, 9.17) is 4.74 Å². The van der Waals surface area contributed by atoms with Gasteiger partial charge >= 0.3 is 6.03 Å². The molecule has 2 rings (SSSR count). The van der Waals surface area contributed by atoms with Crippen LogP contribution in [0.15, 0.2) is 48.8 Å². The number of benzene rings is 1. The molecule has 6 nitrogen and oxygen atoms in total. The molecule has 2 amide bonds. The van der Waals surface area contributed by atoms with E-state index in [1.54, 1.807) is 38.7 Å². The first-order chi connectivity index (χ1) is 11.2.